The number of benzene rings is 3. The van der Waals surface area contributed by atoms with E-state index in [4.69, 9.17) is 0 Å². The molecule has 0 radical (unpaired) electrons. The van der Waals surface area contributed by atoms with Gasteiger partial charge >= 0.3 is 0 Å². The first-order chi connectivity index (χ1) is 12.2. The van der Waals surface area contributed by atoms with Gasteiger partial charge in [0.2, 0.25) is 0 Å². The van der Waals surface area contributed by atoms with Gasteiger partial charge < -0.3 is 5.32 Å². The van der Waals surface area contributed by atoms with Crippen LogP contribution < -0.4 is 5.32 Å². The largest absolute Gasteiger partial charge is 0.354 e. The minimum atomic E-state index is 0.393. The smallest absolute Gasteiger partial charge is 0.0529 e. The molecule has 1 nitrogen and oxygen atoms in total. The fourth-order valence-corrected chi connectivity index (χ4v) is 4.35. The van der Waals surface area contributed by atoms with Gasteiger partial charge in [-0.3, -0.25) is 0 Å². The minimum Gasteiger partial charge on any atom is -0.354 e. The predicted octanol–water partition coefficient (Wildman–Crippen LogP) is 7.00. The Bertz CT molecular complexity index is 883. The summed E-state index contributed by atoms with van der Waals surface area (Å²) in [4.78, 5) is 2.59. The second-order valence-electron chi connectivity index (χ2n) is 6.69. The third-order valence-electron chi connectivity index (χ3n) is 4.90. The first kappa shape index (κ1) is 16.3. The van der Waals surface area contributed by atoms with Crippen LogP contribution in [0.1, 0.15) is 42.9 Å². The minimum absolute atomic E-state index is 0.393. The van der Waals surface area contributed by atoms with Gasteiger partial charge in [0.25, 0.3) is 0 Å². The number of hydrogen-bond donors (Lipinski definition) is 1. The molecule has 0 aromatic heterocycles. The Morgan fingerprint density at radius 1 is 0.840 bits per heavy atom. The van der Waals surface area contributed by atoms with Crippen LogP contribution in [0.3, 0.4) is 0 Å². The van der Waals surface area contributed by atoms with Crippen molar-refractivity contribution in [3.05, 3.63) is 83.4 Å². The molecule has 0 bridgehead atoms. The van der Waals surface area contributed by atoms with E-state index in [9.17, 15) is 0 Å². The van der Waals surface area contributed by atoms with Gasteiger partial charge in [-0.25, -0.2) is 0 Å². The standard InChI is InChI=1S/C23H23NS/c1-3-6-17-9-11-18(12-10-17)16(2)19-13-14-23-21(15-19)24-20-7-4-5-8-22(20)25-23/h4-5,7-16,24H,3,6H2,1-2H3. The molecule has 4 rings (SSSR count). The second kappa shape index (κ2) is 6.97. The number of aryl methyl sites for hydroxylation is 1. The molecule has 3 aromatic rings. The van der Waals surface area contributed by atoms with E-state index in [0.29, 0.717) is 5.92 Å². The highest BCUT2D eigenvalue weighted by atomic mass is 32.2. The number of anilines is 2. The van der Waals surface area contributed by atoms with Crippen molar-refractivity contribution in [2.45, 2.75) is 42.4 Å². The summed E-state index contributed by atoms with van der Waals surface area (Å²) in [6, 6.07) is 24.4. The molecule has 1 unspecified atom stereocenters. The molecular formula is C23H23NS. The van der Waals surface area contributed by atoms with Crippen molar-refractivity contribution in [1.29, 1.82) is 0 Å². The number of para-hydroxylation sites is 1. The molecule has 1 aliphatic heterocycles. The fourth-order valence-electron chi connectivity index (χ4n) is 3.38. The molecule has 25 heavy (non-hydrogen) atoms. The van der Waals surface area contributed by atoms with E-state index in [2.05, 4.69) is 85.9 Å². The first-order valence-electron chi connectivity index (χ1n) is 9.01. The molecule has 2 heteroatoms. The Hall–Kier alpha value is -2.19. The van der Waals surface area contributed by atoms with E-state index in [1.807, 2.05) is 11.8 Å². The summed E-state index contributed by atoms with van der Waals surface area (Å²) >= 11 is 1.84. The SMILES string of the molecule is CCCc1ccc(C(C)c2ccc3c(c2)Nc2ccccc2S3)cc1. The topological polar surface area (TPSA) is 12.0 Å². The van der Waals surface area contributed by atoms with Crippen molar-refractivity contribution in [2.24, 2.45) is 0 Å². The van der Waals surface area contributed by atoms with Crippen LogP contribution in [0.5, 0.6) is 0 Å². The highest BCUT2D eigenvalue weighted by molar-refractivity contribution is 7.99. The zero-order valence-corrected chi connectivity index (χ0v) is 15.6. The lowest BCUT2D eigenvalue weighted by Crippen LogP contribution is -2.02. The molecular weight excluding hydrogens is 322 g/mol. The molecule has 0 saturated heterocycles. The number of nitrogens with one attached hydrogen (secondary N) is 1. The summed E-state index contributed by atoms with van der Waals surface area (Å²) < 4.78 is 0. The second-order valence-corrected chi connectivity index (χ2v) is 7.78. The van der Waals surface area contributed by atoms with Crippen LogP contribution in [0.15, 0.2) is 76.5 Å². The molecule has 0 amide bonds. The Kier molecular flexibility index (Phi) is 4.54. The van der Waals surface area contributed by atoms with Gasteiger partial charge in [-0.15, -0.1) is 0 Å². The van der Waals surface area contributed by atoms with Crippen LogP contribution in [0, 0.1) is 0 Å². The van der Waals surface area contributed by atoms with E-state index >= 15 is 0 Å². The lowest BCUT2D eigenvalue weighted by atomic mass is 9.92. The maximum absolute atomic E-state index is 3.59. The molecule has 1 N–H and O–H groups in total. The molecule has 1 atom stereocenters. The van der Waals surface area contributed by atoms with Crippen molar-refractivity contribution < 1.29 is 0 Å². The Balaban J connectivity index is 1.60. The highest BCUT2D eigenvalue weighted by Gasteiger charge is 2.17. The van der Waals surface area contributed by atoms with Crippen LogP contribution in [0.4, 0.5) is 11.4 Å². The monoisotopic (exact) mass is 345 g/mol. The third kappa shape index (κ3) is 3.32. The van der Waals surface area contributed by atoms with Gasteiger partial charge in [-0.05, 0) is 47.4 Å². The van der Waals surface area contributed by atoms with E-state index < -0.39 is 0 Å². The van der Waals surface area contributed by atoms with Crippen LogP contribution in [0.2, 0.25) is 0 Å². The Labute approximate surface area is 154 Å². The quantitative estimate of drug-likeness (QED) is 0.427. The van der Waals surface area contributed by atoms with Gasteiger partial charge in [0.15, 0.2) is 0 Å². The summed E-state index contributed by atoms with van der Waals surface area (Å²) in [6.07, 6.45) is 2.36. The lowest BCUT2D eigenvalue weighted by molar-refractivity contribution is 0.900. The molecule has 0 spiro atoms. The van der Waals surface area contributed by atoms with Crippen molar-refractivity contribution in [1.82, 2.24) is 0 Å². The molecule has 1 aliphatic rings. The van der Waals surface area contributed by atoms with Gasteiger partial charge in [-0.2, -0.15) is 0 Å². The lowest BCUT2D eigenvalue weighted by Gasteiger charge is -2.22. The predicted molar refractivity (Wildman–Crippen MR) is 108 cm³/mol. The molecule has 1 heterocycles. The highest BCUT2D eigenvalue weighted by Crippen LogP contribution is 2.45. The van der Waals surface area contributed by atoms with Gasteiger partial charge in [0.1, 0.15) is 0 Å². The van der Waals surface area contributed by atoms with Gasteiger partial charge in [0, 0.05) is 15.7 Å². The molecule has 0 saturated carbocycles. The summed E-state index contributed by atoms with van der Waals surface area (Å²) in [5.74, 6) is 0.393. The van der Waals surface area contributed by atoms with Gasteiger partial charge in [0.05, 0.1) is 11.4 Å². The molecule has 3 aromatic carbocycles. The van der Waals surface area contributed by atoms with Crippen LogP contribution >= 0.6 is 11.8 Å². The molecule has 0 fully saturated rings. The maximum atomic E-state index is 3.59. The Morgan fingerprint density at radius 3 is 2.36 bits per heavy atom. The van der Waals surface area contributed by atoms with Crippen molar-refractivity contribution in [2.75, 3.05) is 5.32 Å². The summed E-state index contributed by atoms with van der Waals surface area (Å²) in [5, 5.41) is 3.59. The fraction of sp³-hybridized carbons (Fsp3) is 0.217. The molecule has 0 aliphatic carbocycles. The maximum Gasteiger partial charge on any atom is 0.0529 e. The number of fused-ring (bicyclic) bond motifs is 2. The number of rotatable bonds is 4. The van der Waals surface area contributed by atoms with E-state index in [-0.39, 0.29) is 0 Å². The Morgan fingerprint density at radius 2 is 1.56 bits per heavy atom. The van der Waals surface area contributed by atoms with Crippen LogP contribution in [-0.2, 0) is 6.42 Å². The van der Waals surface area contributed by atoms with E-state index in [1.54, 1.807) is 0 Å². The zero-order chi connectivity index (χ0) is 17.2. The zero-order valence-electron chi connectivity index (χ0n) is 14.8. The number of hydrogen-bond acceptors (Lipinski definition) is 2. The first-order valence-corrected chi connectivity index (χ1v) is 9.83. The normalized spacial score (nSPS) is 13.5. The van der Waals surface area contributed by atoms with Crippen LogP contribution in [-0.4, -0.2) is 0 Å². The van der Waals surface area contributed by atoms with Crippen molar-refractivity contribution in [3.8, 4) is 0 Å². The average molecular weight is 346 g/mol. The summed E-state index contributed by atoms with van der Waals surface area (Å²) in [7, 11) is 0. The van der Waals surface area contributed by atoms with Crippen molar-refractivity contribution in [3.63, 3.8) is 0 Å². The summed E-state index contributed by atoms with van der Waals surface area (Å²) in [6.45, 7) is 4.52. The van der Waals surface area contributed by atoms with E-state index in [1.165, 1.54) is 44.3 Å². The van der Waals surface area contributed by atoms with E-state index in [0.717, 1.165) is 6.42 Å². The van der Waals surface area contributed by atoms with Crippen LogP contribution in [0.25, 0.3) is 0 Å². The summed E-state index contributed by atoms with van der Waals surface area (Å²) in [5.41, 5.74) is 6.58. The molecule has 126 valence electrons. The third-order valence-corrected chi connectivity index (χ3v) is 6.05. The van der Waals surface area contributed by atoms with Gasteiger partial charge in [-0.1, -0.05) is 74.5 Å². The van der Waals surface area contributed by atoms with Crippen molar-refractivity contribution >= 4 is 23.1 Å². The average Bonchev–Trinajstić information content (AvgIpc) is 2.66.